The Labute approximate surface area is 273 Å². The molecule has 0 bridgehead atoms. The molecule has 8 heteroatoms. The molecule has 0 unspecified atom stereocenters. The van der Waals surface area contributed by atoms with Gasteiger partial charge in [0.25, 0.3) is 0 Å². The van der Waals surface area contributed by atoms with Crippen molar-refractivity contribution in [3.05, 3.63) is 11.6 Å². The average Bonchev–Trinajstić information content (AvgIpc) is 3.77. The van der Waals surface area contributed by atoms with Crippen LogP contribution in [0.1, 0.15) is 162 Å². The van der Waals surface area contributed by atoms with Crippen LogP contribution in [0.3, 0.4) is 0 Å². The zero-order valence-corrected chi connectivity index (χ0v) is 28.5. The standard InChI is InChI=1S/C37H66O8/c1-3-4-5-6-7-8-9-10-11-15-18-31(39)35-23-24-36(45-35)33(41)21-20-32(40)34-22-19-30(44-34)17-14-12-13-16-29(38)26-28-25-27(2)43-37(28)42/h25,27,29-36,38-41H,3-24,26H2,1-2H3/t27-,29+,30-,31-,32+,33-,34-,35-,36-/m1/s1. The molecule has 2 saturated heterocycles. The number of cyclic esters (lactones) is 1. The predicted octanol–water partition coefficient (Wildman–Crippen LogP) is 6.83. The smallest absolute Gasteiger partial charge is 0.334 e. The van der Waals surface area contributed by atoms with E-state index >= 15 is 0 Å². The monoisotopic (exact) mass is 638 g/mol. The largest absolute Gasteiger partial charge is 0.455 e. The molecule has 0 aromatic rings. The highest BCUT2D eigenvalue weighted by Crippen LogP contribution is 2.31. The van der Waals surface area contributed by atoms with Crippen molar-refractivity contribution in [1.82, 2.24) is 0 Å². The average molecular weight is 639 g/mol. The van der Waals surface area contributed by atoms with Crippen LogP contribution < -0.4 is 0 Å². The summed E-state index contributed by atoms with van der Waals surface area (Å²) in [7, 11) is 0. The topological polar surface area (TPSA) is 126 Å². The van der Waals surface area contributed by atoms with E-state index in [0.717, 1.165) is 70.6 Å². The van der Waals surface area contributed by atoms with Gasteiger partial charge in [-0.05, 0) is 70.8 Å². The molecule has 262 valence electrons. The molecular formula is C37H66O8. The normalized spacial score (nSPS) is 27.8. The fourth-order valence-corrected chi connectivity index (χ4v) is 7.29. The van der Waals surface area contributed by atoms with Crippen molar-refractivity contribution in [2.75, 3.05) is 0 Å². The summed E-state index contributed by atoms with van der Waals surface area (Å²) in [6, 6.07) is 0. The molecule has 3 aliphatic heterocycles. The first-order valence-corrected chi connectivity index (χ1v) is 18.7. The molecule has 8 nitrogen and oxygen atoms in total. The number of hydrogen-bond donors (Lipinski definition) is 4. The number of unbranched alkanes of at least 4 members (excludes halogenated alkanes) is 11. The van der Waals surface area contributed by atoms with Crippen molar-refractivity contribution in [3.63, 3.8) is 0 Å². The second kappa shape index (κ2) is 21.8. The van der Waals surface area contributed by atoms with Gasteiger partial charge < -0.3 is 34.6 Å². The lowest BCUT2D eigenvalue weighted by molar-refractivity contribution is -0.139. The van der Waals surface area contributed by atoms with Crippen molar-refractivity contribution in [2.24, 2.45) is 0 Å². The number of hydrogen-bond acceptors (Lipinski definition) is 8. The van der Waals surface area contributed by atoms with Gasteiger partial charge in [0, 0.05) is 12.0 Å². The van der Waals surface area contributed by atoms with Crippen molar-refractivity contribution in [3.8, 4) is 0 Å². The molecule has 4 N–H and O–H groups in total. The molecule has 9 atom stereocenters. The van der Waals surface area contributed by atoms with E-state index in [1.807, 2.05) is 6.92 Å². The third-order valence-electron chi connectivity index (χ3n) is 10.1. The van der Waals surface area contributed by atoms with Gasteiger partial charge in [-0.1, -0.05) is 90.4 Å². The van der Waals surface area contributed by atoms with Crippen LogP contribution in [0.2, 0.25) is 0 Å². The first-order chi connectivity index (χ1) is 21.8. The van der Waals surface area contributed by atoms with Gasteiger partial charge in [-0.15, -0.1) is 0 Å². The van der Waals surface area contributed by atoms with Gasteiger partial charge in [-0.2, -0.15) is 0 Å². The fourth-order valence-electron chi connectivity index (χ4n) is 7.29. The lowest BCUT2D eigenvalue weighted by Crippen LogP contribution is -2.33. The van der Waals surface area contributed by atoms with Gasteiger partial charge in [0.2, 0.25) is 0 Å². The molecule has 0 aliphatic carbocycles. The number of carbonyl (C=O) groups is 1. The predicted molar refractivity (Wildman–Crippen MR) is 177 cm³/mol. The molecule has 0 spiro atoms. The van der Waals surface area contributed by atoms with E-state index in [9.17, 15) is 25.2 Å². The zero-order valence-electron chi connectivity index (χ0n) is 28.5. The Bertz CT molecular complexity index is 833. The molecule has 0 radical (unpaired) electrons. The lowest BCUT2D eigenvalue weighted by atomic mass is 9.98. The first-order valence-electron chi connectivity index (χ1n) is 18.7. The second-order valence-corrected chi connectivity index (χ2v) is 14.2. The summed E-state index contributed by atoms with van der Waals surface area (Å²) in [5.41, 5.74) is 0.583. The molecule has 2 fully saturated rings. The van der Waals surface area contributed by atoms with E-state index in [1.54, 1.807) is 6.08 Å². The Hall–Kier alpha value is -1.03. The van der Waals surface area contributed by atoms with Crippen LogP contribution in [0.25, 0.3) is 0 Å². The highest BCUT2D eigenvalue weighted by molar-refractivity contribution is 5.90. The summed E-state index contributed by atoms with van der Waals surface area (Å²) in [6.07, 6.45) is 21.5. The highest BCUT2D eigenvalue weighted by atomic mass is 16.5. The van der Waals surface area contributed by atoms with Crippen LogP contribution in [0.5, 0.6) is 0 Å². The molecule has 45 heavy (non-hydrogen) atoms. The summed E-state index contributed by atoms with van der Waals surface area (Å²) in [5, 5.41) is 42.4. The number of rotatable bonds is 25. The first kappa shape index (κ1) is 38.4. The Morgan fingerprint density at radius 2 is 1.18 bits per heavy atom. The lowest BCUT2D eigenvalue weighted by Gasteiger charge is -2.24. The molecule has 3 aliphatic rings. The maximum Gasteiger partial charge on any atom is 0.334 e. The number of esters is 1. The quantitative estimate of drug-likeness (QED) is 0.0634. The van der Waals surface area contributed by atoms with Crippen LogP contribution in [0.4, 0.5) is 0 Å². The van der Waals surface area contributed by atoms with Crippen LogP contribution in [0, 0.1) is 0 Å². The molecule has 0 aromatic heterocycles. The third-order valence-corrected chi connectivity index (χ3v) is 10.1. The molecule has 0 saturated carbocycles. The molecule has 0 aromatic carbocycles. The molecule has 3 rings (SSSR count). The summed E-state index contributed by atoms with van der Waals surface area (Å²) < 4.78 is 17.3. The van der Waals surface area contributed by atoms with Crippen molar-refractivity contribution < 1.29 is 39.4 Å². The van der Waals surface area contributed by atoms with E-state index in [1.165, 1.54) is 51.4 Å². The van der Waals surface area contributed by atoms with Crippen molar-refractivity contribution >= 4 is 5.97 Å². The summed E-state index contributed by atoms with van der Waals surface area (Å²) >= 11 is 0. The van der Waals surface area contributed by atoms with E-state index in [0.29, 0.717) is 31.3 Å². The van der Waals surface area contributed by atoms with Crippen LogP contribution in [-0.4, -0.2) is 81.3 Å². The molecular weight excluding hydrogens is 572 g/mol. The Morgan fingerprint density at radius 3 is 1.78 bits per heavy atom. The SMILES string of the molecule is CCCCCCCCCCCC[C@@H](O)[C@H]1CC[C@H]([C@H](O)CC[C@H](O)[C@H]2CC[C@@H](CCCCC[C@H](O)CC3=C[C@@H](C)OC3=O)O2)O1. The Kier molecular flexibility index (Phi) is 18.6. The summed E-state index contributed by atoms with van der Waals surface area (Å²) in [6.45, 7) is 4.07. The Morgan fingerprint density at radius 1 is 0.667 bits per heavy atom. The van der Waals surface area contributed by atoms with Crippen LogP contribution in [0.15, 0.2) is 11.6 Å². The van der Waals surface area contributed by atoms with Gasteiger partial charge in [-0.25, -0.2) is 4.79 Å². The molecule has 0 amide bonds. The summed E-state index contributed by atoms with van der Waals surface area (Å²) in [5.74, 6) is -0.309. The zero-order chi connectivity index (χ0) is 32.4. The number of aliphatic hydroxyl groups excluding tert-OH is 4. The molecule has 3 heterocycles. The minimum atomic E-state index is -0.638. The minimum absolute atomic E-state index is 0.148. The fraction of sp³-hybridized carbons (Fsp3) is 0.919. The van der Waals surface area contributed by atoms with E-state index in [4.69, 9.17) is 14.2 Å². The third kappa shape index (κ3) is 14.7. The number of aliphatic hydroxyl groups is 4. The highest BCUT2D eigenvalue weighted by Gasteiger charge is 2.36. The Balaban J connectivity index is 1.17. The van der Waals surface area contributed by atoms with E-state index in [2.05, 4.69) is 6.92 Å². The van der Waals surface area contributed by atoms with Crippen LogP contribution >= 0.6 is 0 Å². The van der Waals surface area contributed by atoms with E-state index < -0.39 is 24.4 Å². The van der Waals surface area contributed by atoms with Gasteiger partial charge >= 0.3 is 5.97 Å². The summed E-state index contributed by atoms with van der Waals surface area (Å²) in [4.78, 5) is 11.7. The van der Waals surface area contributed by atoms with Gasteiger partial charge in [0.05, 0.1) is 48.8 Å². The van der Waals surface area contributed by atoms with Crippen molar-refractivity contribution in [2.45, 2.75) is 216 Å². The maximum atomic E-state index is 11.7. The number of ether oxygens (including phenoxy) is 3. The minimum Gasteiger partial charge on any atom is -0.455 e. The van der Waals surface area contributed by atoms with Gasteiger partial charge in [-0.3, -0.25) is 0 Å². The van der Waals surface area contributed by atoms with Gasteiger partial charge in [0.1, 0.15) is 6.10 Å². The maximum absolute atomic E-state index is 11.7. The number of carbonyl (C=O) groups excluding carboxylic acids is 1. The van der Waals surface area contributed by atoms with Crippen molar-refractivity contribution in [1.29, 1.82) is 0 Å². The van der Waals surface area contributed by atoms with Gasteiger partial charge in [0.15, 0.2) is 0 Å². The van der Waals surface area contributed by atoms with Crippen LogP contribution in [-0.2, 0) is 19.0 Å². The second-order valence-electron chi connectivity index (χ2n) is 14.2. The van der Waals surface area contributed by atoms with E-state index in [-0.39, 0.29) is 36.5 Å².